The smallest absolute Gasteiger partial charge is 0.228 e. The van der Waals surface area contributed by atoms with Crippen LogP contribution in [0.25, 0.3) is 0 Å². The largest absolute Gasteiger partial charge is 0.359 e. The lowest BCUT2D eigenvalue weighted by molar-refractivity contribution is -0.134. The second-order valence-electron chi connectivity index (χ2n) is 5.85. The van der Waals surface area contributed by atoms with E-state index >= 15 is 0 Å². The summed E-state index contributed by atoms with van der Waals surface area (Å²) in [6.07, 6.45) is 4.59. The number of aryl methyl sites for hydroxylation is 1. The van der Waals surface area contributed by atoms with E-state index in [-0.39, 0.29) is 23.7 Å². The van der Waals surface area contributed by atoms with E-state index in [9.17, 15) is 4.79 Å². The first kappa shape index (κ1) is 15.3. The quantitative estimate of drug-likeness (QED) is 0.893. The van der Waals surface area contributed by atoms with Crippen molar-refractivity contribution in [2.45, 2.75) is 39.2 Å². The molecule has 1 amide bonds. The number of carbonyl (C=O) groups excluding carboxylic acids is 1. The Morgan fingerprint density at radius 2 is 2.45 bits per heavy atom. The molecule has 20 heavy (non-hydrogen) atoms. The lowest BCUT2D eigenvalue weighted by Crippen LogP contribution is -2.47. The second-order valence-corrected chi connectivity index (χ2v) is 5.85. The molecule has 0 spiro atoms. The van der Waals surface area contributed by atoms with Crippen LogP contribution in [0, 0.1) is 18.3 Å². The minimum Gasteiger partial charge on any atom is -0.359 e. The van der Waals surface area contributed by atoms with Crippen molar-refractivity contribution in [3.05, 3.63) is 17.5 Å². The first-order chi connectivity index (χ1) is 9.21. The van der Waals surface area contributed by atoms with Crippen LogP contribution in [0.3, 0.4) is 0 Å². The summed E-state index contributed by atoms with van der Waals surface area (Å²) in [4.78, 5) is 12.6. The summed E-state index contributed by atoms with van der Waals surface area (Å²) < 4.78 is 5.13. The van der Waals surface area contributed by atoms with Crippen molar-refractivity contribution >= 4 is 18.3 Å². The third-order valence-corrected chi connectivity index (χ3v) is 4.59. The summed E-state index contributed by atoms with van der Waals surface area (Å²) in [5, 5.41) is 10.3. The fourth-order valence-electron chi connectivity index (χ4n) is 3.53. The molecule has 1 aliphatic heterocycles. The maximum atomic E-state index is 12.6. The molecule has 0 radical (unpaired) electrons. The molecule has 2 aliphatic rings. The van der Waals surface area contributed by atoms with Gasteiger partial charge in [-0.25, -0.2) is 0 Å². The standard InChI is InChI=1S/C14H21N3O2.ClH/c1-10-6-12(19-17-10)8-16-13(18)14-5-3-2-4-11(14)7-15-9-14;/h6,11,15H,2-5,7-9H2,1H3,(H,16,18);1H/t11-,14+;/m0./s1. The number of halogens is 1. The Hall–Kier alpha value is -1.07. The van der Waals surface area contributed by atoms with Crippen molar-refractivity contribution in [3.8, 4) is 0 Å². The highest BCUT2D eigenvalue weighted by Crippen LogP contribution is 2.43. The summed E-state index contributed by atoms with van der Waals surface area (Å²) in [7, 11) is 0. The van der Waals surface area contributed by atoms with Gasteiger partial charge in [0.25, 0.3) is 0 Å². The van der Waals surface area contributed by atoms with E-state index in [1.54, 1.807) is 0 Å². The molecular weight excluding hydrogens is 278 g/mol. The molecule has 5 nitrogen and oxygen atoms in total. The van der Waals surface area contributed by atoms with Crippen LogP contribution >= 0.6 is 12.4 Å². The molecule has 2 N–H and O–H groups in total. The molecule has 1 saturated heterocycles. The normalized spacial score (nSPS) is 28.6. The van der Waals surface area contributed by atoms with Crippen LogP contribution < -0.4 is 10.6 Å². The van der Waals surface area contributed by atoms with Crippen LogP contribution in [0.4, 0.5) is 0 Å². The van der Waals surface area contributed by atoms with Gasteiger partial charge in [-0.2, -0.15) is 0 Å². The van der Waals surface area contributed by atoms with Gasteiger partial charge in [-0.15, -0.1) is 12.4 Å². The topological polar surface area (TPSA) is 67.2 Å². The van der Waals surface area contributed by atoms with Crippen LogP contribution in [0.15, 0.2) is 10.6 Å². The van der Waals surface area contributed by atoms with Crippen molar-refractivity contribution in [1.82, 2.24) is 15.8 Å². The third kappa shape index (κ3) is 2.69. The molecule has 0 bridgehead atoms. The first-order valence-electron chi connectivity index (χ1n) is 7.12. The molecule has 1 saturated carbocycles. The molecule has 1 aliphatic carbocycles. The van der Waals surface area contributed by atoms with Gasteiger partial charge < -0.3 is 15.2 Å². The molecule has 3 rings (SSSR count). The molecule has 2 fully saturated rings. The van der Waals surface area contributed by atoms with Gasteiger partial charge in [-0.1, -0.05) is 18.0 Å². The van der Waals surface area contributed by atoms with Gasteiger partial charge in [0.05, 0.1) is 17.7 Å². The van der Waals surface area contributed by atoms with Gasteiger partial charge in [0.2, 0.25) is 5.91 Å². The van der Waals surface area contributed by atoms with E-state index in [2.05, 4.69) is 15.8 Å². The van der Waals surface area contributed by atoms with Crippen LogP contribution in [-0.2, 0) is 11.3 Å². The minimum atomic E-state index is -0.187. The molecule has 2 heterocycles. The Morgan fingerprint density at radius 1 is 1.60 bits per heavy atom. The Kier molecular flexibility index (Phi) is 4.70. The van der Waals surface area contributed by atoms with Gasteiger partial charge in [0, 0.05) is 12.6 Å². The average Bonchev–Trinajstić information content (AvgIpc) is 3.02. The molecule has 1 aromatic rings. The average molecular weight is 300 g/mol. The van der Waals surface area contributed by atoms with E-state index in [0.717, 1.165) is 37.4 Å². The number of aromatic nitrogens is 1. The van der Waals surface area contributed by atoms with Crippen molar-refractivity contribution in [3.63, 3.8) is 0 Å². The highest BCUT2D eigenvalue weighted by molar-refractivity contribution is 5.85. The summed E-state index contributed by atoms with van der Waals surface area (Å²) in [6, 6.07) is 1.86. The van der Waals surface area contributed by atoms with Crippen molar-refractivity contribution in [2.24, 2.45) is 11.3 Å². The fraction of sp³-hybridized carbons (Fsp3) is 0.714. The summed E-state index contributed by atoms with van der Waals surface area (Å²) in [6.45, 7) is 4.12. The molecule has 0 aromatic carbocycles. The number of rotatable bonds is 3. The fourth-order valence-corrected chi connectivity index (χ4v) is 3.53. The number of fused-ring (bicyclic) bond motifs is 1. The van der Waals surface area contributed by atoms with Crippen LogP contribution in [0.1, 0.15) is 37.1 Å². The lowest BCUT2D eigenvalue weighted by atomic mass is 9.67. The highest BCUT2D eigenvalue weighted by Gasteiger charge is 2.49. The molecule has 112 valence electrons. The van der Waals surface area contributed by atoms with Crippen LogP contribution in [-0.4, -0.2) is 24.2 Å². The van der Waals surface area contributed by atoms with Crippen molar-refractivity contribution < 1.29 is 9.32 Å². The van der Waals surface area contributed by atoms with Crippen molar-refractivity contribution in [1.29, 1.82) is 0 Å². The number of amides is 1. The van der Waals surface area contributed by atoms with E-state index in [1.807, 2.05) is 13.0 Å². The Bertz CT molecular complexity index is 477. The third-order valence-electron chi connectivity index (χ3n) is 4.59. The van der Waals surface area contributed by atoms with E-state index < -0.39 is 0 Å². The number of hydrogen-bond acceptors (Lipinski definition) is 4. The monoisotopic (exact) mass is 299 g/mol. The summed E-state index contributed by atoms with van der Waals surface area (Å²) >= 11 is 0. The Labute approximate surface area is 125 Å². The summed E-state index contributed by atoms with van der Waals surface area (Å²) in [5.41, 5.74) is 0.660. The van der Waals surface area contributed by atoms with Gasteiger partial charge in [0.1, 0.15) is 0 Å². The maximum Gasteiger partial charge on any atom is 0.228 e. The lowest BCUT2D eigenvalue weighted by Gasteiger charge is -2.37. The second kappa shape index (κ2) is 6.14. The predicted molar refractivity (Wildman–Crippen MR) is 77.6 cm³/mol. The maximum absolute atomic E-state index is 12.6. The Balaban J connectivity index is 0.00000147. The van der Waals surface area contributed by atoms with Gasteiger partial charge >= 0.3 is 0 Å². The minimum absolute atomic E-state index is 0. The zero-order valence-electron chi connectivity index (χ0n) is 11.8. The molecular formula is C14H22ClN3O2. The number of carbonyl (C=O) groups is 1. The van der Waals surface area contributed by atoms with Gasteiger partial charge in [-0.05, 0) is 32.2 Å². The SMILES string of the molecule is Cc1cc(CNC(=O)[C@@]23CCCC[C@H]2CNC3)on1.Cl. The predicted octanol–water partition coefficient (Wildman–Crippen LogP) is 1.80. The van der Waals surface area contributed by atoms with Crippen LogP contribution in [0.5, 0.6) is 0 Å². The number of nitrogens with zero attached hydrogens (tertiary/aromatic N) is 1. The summed E-state index contributed by atoms with van der Waals surface area (Å²) in [5.74, 6) is 1.40. The van der Waals surface area contributed by atoms with E-state index in [4.69, 9.17) is 4.52 Å². The molecule has 0 unspecified atom stereocenters. The van der Waals surface area contributed by atoms with Gasteiger partial charge in [0.15, 0.2) is 5.76 Å². The number of hydrogen-bond donors (Lipinski definition) is 2. The van der Waals surface area contributed by atoms with Crippen molar-refractivity contribution in [2.75, 3.05) is 13.1 Å². The molecule has 6 heteroatoms. The zero-order valence-corrected chi connectivity index (χ0v) is 12.6. The number of nitrogens with one attached hydrogen (secondary N) is 2. The molecule has 2 atom stereocenters. The zero-order chi connectivity index (χ0) is 13.3. The Morgan fingerprint density at radius 3 is 3.20 bits per heavy atom. The van der Waals surface area contributed by atoms with E-state index in [0.29, 0.717) is 12.5 Å². The van der Waals surface area contributed by atoms with Crippen LogP contribution in [0.2, 0.25) is 0 Å². The molecule has 1 aromatic heterocycles. The van der Waals surface area contributed by atoms with Gasteiger partial charge in [-0.3, -0.25) is 4.79 Å². The first-order valence-corrected chi connectivity index (χ1v) is 7.12. The highest BCUT2D eigenvalue weighted by atomic mass is 35.5. The van der Waals surface area contributed by atoms with E-state index in [1.165, 1.54) is 12.8 Å².